The van der Waals surface area contributed by atoms with Crippen molar-refractivity contribution < 1.29 is 14.6 Å². The first-order chi connectivity index (χ1) is 13.1. The molecule has 2 fully saturated rings. The number of halogens is 1. The zero-order chi connectivity index (χ0) is 19.0. The molecule has 4 N–H and O–H groups in total. The zero-order valence-corrected chi connectivity index (χ0v) is 16.4. The van der Waals surface area contributed by atoms with E-state index in [2.05, 4.69) is 32.1 Å². The second-order valence-electron chi connectivity index (χ2n) is 7.05. The van der Waals surface area contributed by atoms with Crippen LogP contribution in [0.4, 0.5) is 0 Å². The third-order valence-electron chi connectivity index (χ3n) is 5.56. The molecule has 0 saturated carbocycles. The smallest absolute Gasteiger partial charge is 0.307 e. The Morgan fingerprint density at radius 1 is 1.07 bits per heavy atom. The maximum absolute atomic E-state index is 12.1. The number of benzene rings is 2. The second-order valence-corrected chi connectivity index (χ2v) is 7.96. The lowest BCUT2D eigenvalue weighted by molar-refractivity contribution is -0.146. The van der Waals surface area contributed by atoms with E-state index in [0.717, 1.165) is 21.3 Å². The van der Waals surface area contributed by atoms with Gasteiger partial charge in [-0.15, -0.1) is 0 Å². The lowest BCUT2D eigenvalue weighted by atomic mass is 9.75. The lowest BCUT2D eigenvalue weighted by Crippen LogP contribution is -2.53. The number of fused-ring (bicyclic) bond motifs is 1. The van der Waals surface area contributed by atoms with E-state index >= 15 is 0 Å². The Morgan fingerprint density at radius 3 is 2.37 bits per heavy atom. The maximum Gasteiger partial charge on any atom is 0.307 e. The van der Waals surface area contributed by atoms with Crippen LogP contribution in [0.1, 0.15) is 29.6 Å². The number of carboxylic acid groups (broad SMARTS) is 1. The second kappa shape index (κ2) is 7.59. The van der Waals surface area contributed by atoms with Gasteiger partial charge in [0.05, 0.1) is 25.2 Å². The highest BCUT2D eigenvalue weighted by Gasteiger charge is 2.49. The van der Waals surface area contributed by atoms with Crippen molar-refractivity contribution in [3.8, 4) is 5.75 Å². The van der Waals surface area contributed by atoms with Crippen LogP contribution in [0.25, 0.3) is 0 Å². The van der Waals surface area contributed by atoms with Gasteiger partial charge < -0.3 is 9.84 Å². The van der Waals surface area contributed by atoms with Crippen LogP contribution in [0.2, 0.25) is 0 Å². The van der Waals surface area contributed by atoms with E-state index in [9.17, 15) is 9.90 Å². The Kier molecular flexibility index (Phi) is 5.19. The molecule has 4 rings (SSSR count). The van der Waals surface area contributed by atoms with Crippen LogP contribution in [-0.4, -0.2) is 24.4 Å². The number of piperidine rings is 1. The molecule has 0 bridgehead atoms. The minimum Gasteiger partial charge on any atom is -0.497 e. The summed E-state index contributed by atoms with van der Waals surface area (Å²) < 4.78 is 6.22. The van der Waals surface area contributed by atoms with Crippen LogP contribution in [-0.2, 0) is 4.79 Å². The van der Waals surface area contributed by atoms with E-state index in [1.807, 2.05) is 48.5 Å². The highest BCUT2D eigenvalue weighted by Crippen LogP contribution is 2.42. The van der Waals surface area contributed by atoms with E-state index in [0.29, 0.717) is 6.42 Å². The molecule has 0 aromatic heterocycles. The Bertz CT molecular complexity index is 812. The van der Waals surface area contributed by atoms with Gasteiger partial charge in [0, 0.05) is 16.4 Å². The first kappa shape index (κ1) is 18.4. The molecule has 7 heteroatoms. The van der Waals surface area contributed by atoms with Crippen LogP contribution >= 0.6 is 15.9 Å². The predicted molar refractivity (Wildman–Crippen MR) is 105 cm³/mol. The van der Waals surface area contributed by atoms with Gasteiger partial charge in [0.2, 0.25) is 0 Å². The number of aliphatic carboxylic acids is 1. The number of hydrogen-bond donors (Lipinski definition) is 4. The van der Waals surface area contributed by atoms with Crippen LogP contribution in [0.15, 0.2) is 53.0 Å². The van der Waals surface area contributed by atoms with Crippen molar-refractivity contribution >= 4 is 21.9 Å². The molecule has 2 aromatic carbocycles. The monoisotopic (exact) mass is 431 g/mol. The van der Waals surface area contributed by atoms with E-state index in [1.165, 1.54) is 0 Å². The van der Waals surface area contributed by atoms with Gasteiger partial charge >= 0.3 is 5.97 Å². The van der Waals surface area contributed by atoms with Gasteiger partial charge in [0.15, 0.2) is 0 Å². The Balaban J connectivity index is 1.59. The average molecular weight is 432 g/mol. The third-order valence-corrected chi connectivity index (χ3v) is 6.09. The largest absolute Gasteiger partial charge is 0.497 e. The minimum absolute atomic E-state index is 0.0313. The quantitative estimate of drug-likeness (QED) is 0.595. The summed E-state index contributed by atoms with van der Waals surface area (Å²) in [5.41, 5.74) is 8.71. The third kappa shape index (κ3) is 3.60. The molecule has 0 aliphatic carbocycles. The Morgan fingerprint density at radius 2 is 1.74 bits per heavy atom. The maximum atomic E-state index is 12.1. The predicted octanol–water partition coefficient (Wildman–Crippen LogP) is 2.98. The van der Waals surface area contributed by atoms with Crippen molar-refractivity contribution in [3.63, 3.8) is 0 Å². The van der Waals surface area contributed by atoms with Crippen molar-refractivity contribution in [2.24, 2.45) is 11.8 Å². The lowest BCUT2D eigenvalue weighted by Gasteiger charge is -2.39. The molecule has 5 unspecified atom stereocenters. The van der Waals surface area contributed by atoms with Gasteiger partial charge in [0.25, 0.3) is 0 Å². The highest BCUT2D eigenvalue weighted by molar-refractivity contribution is 9.10. The fraction of sp³-hybridized carbons (Fsp3) is 0.350. The minimum atomic E-state index is -0.752. The zero-order valence-electron chi connectivity index (χ0n) is 14.9. The van der Waals surface area contributed by atoms with E-state index < -0.39 is 11.9 Å². The fourth-order valence-corrected chi connectivity index (χ4v) is 4.45. The van der Waals surface area contributed by atoms with Crippen LogP contribution in [0.5, 0.6) is 5.75 Å². The number of hydrazine groups is 1. The molecular formula is C20H22BrN3O3. The standard InChI is InChI=1S/C20H22BrN3O3/c1-27-14-8-4-11(5-9-14)16-10-15(20(25)26)17-18(23-24-19(17)22-16)12-2-6-13(21)7-3-12/h2-9,15-19,22-24H,10H2,1H3,(H,25,26). The van der Waals surface area contributed by atoms with Gasteiger partial charge in [-0.2, -0.15) is 0 Å². The normalized spacial score (nSPS) is 29.9. The summed E-state index contributed by atoms with van der Waals surface area (Å²) in [6, 6.07) is 15.7. The van der Waals surface area contributed by atoms with E-state index in [-0.39, 0.29) is 24.2 Å². The fourth-order valence-electron chi connectivity index (χ4n) is 4.19. The van der Waals surface area contributed by atoms with Crippen molar-refractivity contribution in [3.05, 3.63) is 64.1 Å². The summed E-state index contributed by atoms with van der Waals surface area (Å²) in [6.07, 6.45) is 0.416. The SMILES string of the molecule is COc1ccc(C2CC(C(=O)O)C3C(NNC3c3ccc(Br)cc3)N2)cc1. The number of carboxylic acids is 1. The van der Waals surface area contributed by atoms with E-state index in [4.69, 9.17) is 4.74 Å². The van der Waals surface area contributed by atoms with Gasteiger partial charge in [-0.05, 0) is 41.8 Å². The highest BCUT2D eigenvalue weighted by atomic mass is 79.9. The van der Waals surface area contributed by atoms with Crippen molar-refractivity contribution in [2.75, 3.05) is 7.11 Å². The summed E-state index contributed by atoms with van der Waals surface area (Å²) in [4.78, 5) is 12.1. The molecular weight excluding hydrogens is 410 g/mol. The molecule has 5 atom stereocenters. The molecule has 27 heavy (non-hydrogen) atoms. The summed E-state index contributed by atoms with van der Waals surface area (Å²) >= 11 is 3.45. The number of ether oxygens (including phenoxy) is 1. The molecule has 0 amide bonds. The summed E-state index contributed by atoms with van der Waals surface area (Å²) in [5.74, 6) is -0.506. The number of carbonyl (C=O) groups is 1. The molecule has 2 heterocycles. The van der Waals surface area contributed by atoms with Gasteiger partial charge in [-0.25, -0.2) is 10.9 Å². The summed E-state index contributed by atoms with van der Waals surface area (Å²) in [5, 5.41) is 13.5. The van der Waals surface area contributed by atoms with Gasteiger partial charge in [-0.1, -0.05) is 40.2 Å². The first-order valence-corrected chi connectivity index (χ1v) is 9.75. The van der Waals surface area contributed by atoms with Crippen LogP contribution in [0.3, 0.4) is 0 Å². The number of hydrogen-bond acceptors (Lipinski definition) is 5. The molecule has 2 aromatic rings. The van der Waals surface area contributed by atoms with Crippen LogP contribution < -0.4 is 20.9 Å². The van der Waals surface area contributed by atoms with Crippen LogP contribution in [0, 0.1) is 11.8 Å². The number of rotatable bonds is 4. The summed E-state index contributed by atoms with van der Waals surface area (Å²) in [6.45, 7) is 0. The molecule has 2 saturated heterocycles. The van der Waals surface area contributed by atoms with Gasteiger partial charge in [-0.3, -0.25) is 10.1 Å². The molecule has 0 spiro atoms. The molecule has 6 nitrogen and oxygen atoms in total. The molecule has 2 aliphatic rings. The topological polar surface area (TPSA) is 82.6 Å². The summed E-state index contributed by atoms with van der Waals surface area (Å²) in [7, 11) is 1.63. The molecule has 2 aliphatic heterocycles. The van der Waals surface area contributed by atoms with Crippen molar-refractivity contribution in [2.45, 2.75) is 24.7 Å². The van der Waals surface area contributed by atoms with Crippen molar-refractivity contribution in [1.82, 2.24) is 16.2 Å². The first-order valence-electron chi connectivity index (χ1n) is 8.96. The number of nitrogens with one attached hydrogen (secondary N) is 3. The van der Waals surface area contributed by atoms with Gasteiger partial charge in [0.1, 0.15) is 5.75 Å². The Labute approximate surface area is 166 Å². The Hall–Kier alpha value is -1.93. The number of methoxy groups -OCH3 is 1. The van der Waals surface area contributed by atoms with Crippen molar-refractivity contribution in [1.29, 1.82) is 0 Å². The molecule has 142 valence electrons. The van der Waals surface area contributed by atoms with E-state index in [1.54, 1.807) is 7.11 Å². The molecule has 0 radical (unpaired) electrons. The average Bonchev–Trinajstić information content (AvgIpc) is 3.12.